The van der Waals surface area contributed by atoms with Gasteiger partial charge < -0.3 is 20.3 Å². The number of H-pyrrole nitrogens is 2. The summed E-state index contributed by atoms with van der Waals surface area (Å²) in [6.07, 6.45) is 4.25. The molecule has 4 heterocycles. The number of benzene rings is 1. The molecule has 0 spiro atoms. The van der Waals surface area contributed by atoms with Crippen LogP contribution in [0.4, 0.5) is 17.3 Å². The van der Waals surface area contributed by atoms with Crippen LogP contribution in [0.3, 0.4) is 0 Å². The number of nitrogens with one attached hydrogen (secondary N) is 3. The molecular weight excluding hydrogens is 434 g/mol. The van der Waals surface area contributed by atoms with Crippen molar-refractivity contribution in [3.8, 4) is 5.88 Å². The van der Waals surface area contributed by atoms with Crippen molar-refractivity contribution in [2.75, 3.05) is 17.3 Å². The van der Waals surface area contributed by atoms with Crippen molar-refractivity contribution < 1.29 is 5.11 Å². The number of imidazole rings is 1. The second-order valence-corrected chi connectivity index (χ2v) is 8.88. The van der Waals surface area contributed by atoms with Crippen LogP contribution in [0.1, 0.15) is 29.8 Å². The van der Waals surface area contributed by atoms with Crippen molar-refractivity contribution in [2.24, 2.45) is 7.05 Å². The zero-order valence-corrected chi connectivity index (χ0v) is 19.1. The number of hydrogen-bond acceptors (Lipinski definition) is 7. The summed E-state index contributed by atoms with van der Waals surface area (Å²) in [5.74, 6) is 1.42. The molecule has 11 nitrogen and oxygen atoms in total. The van der Waals surface area contributed by atoms with Crippen molar-refractivity contribution in [2.45, 2.75) is 32.2 Å². The number of aromatic nitrogens is 7. The molecule has 11 heteroatoms. The molecule has 0 atom stereocenters. The number of rotatable bonds is 6. The Morgan fingerprint density at radius 3 is 2.82 bits per heavy atom. The van der Waals surface area contributed by atoms with Gasteiger partial charge in [0.2, 0.25) is 5.88 Å². The van der Waals surface area contributed by atoms with Gasteiger partial charge in [0.1, 0.15) is 11.6 Å². The average molecular weight is 460 g/mol. The lowest BCUT2D eigenvalue weighted by atomic mass is 10.2. The van der Waals surface area contributed by atoms with Gasteiger partial charge in [0.05, 0.1) is 17.4 Å². The summed E-state index contributed by atoms with van der Waals surface area (Å²) in [4.78, 5) is 23.5. The second kappa shape index (κ2) is 7.37. The highest BCUT2D eigenvalue weighted by atomic mass is 16.3. The van der Waals surface area contributed by atoms with E-state index in [1.165, 1.54) is 0 Å². The Bertz CT molecular complexity index is 1600. The number of aryl methyl sites for hydroxylation is 2. The van der Waals surface area contributed by atoms with Crippen LogP contribution in [-0.4, -0.2) is 52.5 Å². The zero-order valence-electron chi connectivity index (χ0n) is 19.1. The van der Waals surface area contributed by atoms with E-state index in [1.54, 1.807) is 10.7 Å². The van der Waals surface area contributed by atoms with Crippen molar-refractivity contribution in [3.63, 3.8) is 0 Å². The number of aromatic hydroxyl groups is 1. The van der Waals surface area contributed by atoms with Gasteiger partial charge in [-0.3, -0.25) is 9.67 Å². The minimum absolute atomic E-state index is 0.173. The largest absolute Gasteiger partial charge is 0.493 e. The summed E-state index contributed by atoms with van der Waals surface area (Å²) < 4.78 is 3.66. The van der Waals surface area contributed by atoms with Crippen molar-refractivity contribution >= 4 is 33.9 Å². The van der Waals surface area contributed by atoms with Crippen LogP contribution in [0.2, 0.25) is 0 Å². The van der Waals surface area contributed by atoms with Crippen LogP contribution in [0, 0.1) is 6.92 Å². The fourth-order valence-electron chi connectivity index (χ4n) is 4.22. The SMILES string of the molecule is Cc1c2ccc(N(C)c3cc(NC4CC4)n4ncc(Cc5[nH]c(=O)[nH]c5O)c4n3)cc2nn1C. The van der Waals surface area contributed by atoms with Gasteiger partial charge in [-0.15, -0.1) is 0 Å². The maximum Gasteiger partial charge on any atom is 0.325 e. The summed E-state index contributed by atoms with van der Waals surface area (Å²) in [6, 6.07) is 8.62. The molecule has 1 fully saturated rings. The van der Waals surface area contributed by atoms with E-state index in [1.807, 2.05) is 29.7 Å². The Hall–Kier alpha value is -4.28. The molecule has 1 saturated carbocycles. The number of fused-ring (bicyclic) bond motifs is 2. The molecule has 4 N–H and O–H groups in total. The maximum absolute atomic E-state index is 11.6. The first-order valence-electron chi connectivity index (χ1n) is 11.2. The normalized spacial score (nSPS) is 13.7. The van der Waals surface area contributed by atoms with E-state index in [0.29, 0.717) is 17.4 Å². The molecule has 4 aromatic heterocycles. The standard InChI is InChI=1S/C23H25N9O2/c1-12-16-7-6-15(9-17(16)29-31(12)3)30(2)19-10-20(25-14-4-5-14)32-21(27-19)13(11-24-32)8-18-22(33)28-23(34)26-18/h6-7,9-11,14,25,33H,4-5,8H2,1-3H3,(H2,26,28,34). The highest BCUT2D eigenvalue weighted by molar-refractivity contribution is 5.86. The lowest BCUT2D eigenvalue weighted by Crippen LogP contribution is -2.15. The van der Waals surface area contributed by atoms with Gasteiger partial charge in [0, 0.05) is 55.0 Å². The molecule has 0 amide bonds. The molecule has 5 aromatic rings. The van der Waals surface area contributed by atoms with Gasteiger partial charge in [0.25, 0.3) is 0 Å². The minimum Gasteiger partial charge on any atom is -0.493 e. The monoisotopic (exact) mass is 459 g/mol. The molecule has 34 heavy (non-hydrogen) atoms. The molecule has 0 radical (unpaired) electrons. The molecule has 1 aromatic carbocycles. The van der Waals surface area contributed by atoms with Gasteiger partial charge in [-0.2, -0.15) is 14.7 Å². The van der Waals surface area contributed by atoms with E-state index in [0.717, 1.165) is 52.3 Å². The fourth-order valence-corrected chi connectivity index (χ4v) is 4.22. The molecule has 0 unspecified atom stereocenters. The third-order valence-corrected chi connectivity index (χ3v) is 6.46. The highest BCUT2D eigenvalue weighted by Gasteiger charge is 2.24. The average Bonchev–Trinajstić information content (AvgIpc) is 3.35. The van der Waals surface area contributed by atoms with Crippen molar-refractivity contribution in [1.82, 2.24) is 34.3 Å². The van der Waals surface area contributed by atoms with Gasteiger partial charge in [-0.05, 0) is 38.0 Å². The summed E-state index contributed by atoms with van der Waals surface area (Å²) in [5.41, 5.74) is 4.41. The van der Waals surface area contributed by atoms with E-state index in [9.17, 15) is 9.90 Å². The minimum atomic E-state index is -0.450. The fraction of sp³-hybridized carbons (Fsp3) is 0.304. The first-order valence-corrected chi connectivity index (χ1v) is 11.2. The Morgan fingerprint density at radius 2 is 2.09 bits per heavy atom. The predicted octanol–water partition coefficient (Wildman–Crippen LogP) is 2.58. The van der Waals surface area contributed by atoms with E-state index in [2.05, 4.69) is 50.6 Å². The first kappa shape index (κ1) is 20.3. The molecule has 1 aliphatic rings. The summed E-state index contributed by atoms with van der Waals surface area (Å²) in [5, 5.41) is 23.8. The van der Waals surface area contributed by atoms with Crippen LogP contribution >= 0.6 is 0 Å². The van der Waals surface area contributed by atoms with Gasteiger partial charge in [-0.25, -0.2) is 9.78 Å². The van der Waals surface area contributed by atoms with Crippen LogP contribution in [0.15, 0.2) is 35.3 Å². The highest BCUT2D eigenvalue weighted by Crippen LogP contribution is 2.32. The molecule has 0 bridgehead atoms. The molecular formula is C23H25N9O2. The predicted molar refractivity (Wildman–Crippen MR) is 129 cm³/mol. The number of nitrogens with zero attached hydrogens (tertiary/aromatic N) is 6. The molecule has 6 rings (SSSR count). The molecule has 0 saturated heterocycles. The summed E-state index contributed by atoms with van der Waals surface area (Å²) >= 11 is 0. The third kappa shape index (κ3) is 3.36. The maximum atomic E-state index is 11.6. The first-order chi connectivity index (χ1) is 16.4. The van der Waals surface area contributed by atoms with E-state index in [4.69, 9.17) is 4.98 Å². The number of anilines is 3. The van der Waals surface area contributed by atoms with Crippen LogP contribution in [0.5, 0.6) is 5.88 Å². The Balaban J connectivity index is 1.44. The van der Waals surface area contributed by atoms with Crippen molar-refractivity contribution in [1.29, 1.82) is 0 Å². The van der Waals surface area contributed by atoms with Gasteiger partial charge in [-0.1, -0.05) is 0 Å². The Labute approximate surface area is 194 Å². The Kier molecular flexibility index (Phi) is 4.41. The van der Waals surface area contributed by atoms with E-state index in [-0.39, 0.29) is 12.3 Å². The number of hydrogen-bond donors (Lipinski definition) is 4. The third-order valence-electron chi connectivity index (χ3n) is 6.46. The van der Waals surface area contributed by atoms with Crippen LogP contribution < -0.4 is 15.9 Å². The molecule has 1 aliphatic carbocycles. The van der Waals surface area contributed by atoms with Gasteiger partial charge >= 0.3 is 5.69 Å². The number of aromatic amines is 2. The lowest BCUT2D eigenvalue weighted by molar-refractivity contribution is 0.450. The summed E-state index contributed by atoms with van der Waals surface area (Å²) in [7, 11) is 3.92. The molecule has 174 valence electrons. The second-order valence-electron chi connectivity index (χ2n) is 8.88. The topological polar surface area (TPSA) is 132 Å². The molecule has 0 aliphatic heterocycles. The Morgan fingerprint density at radius 1 is 1.26 bits per heavy atom. The van der Waals surface area contributed by atoms with Crippen molar-refractivity contribution in [3.05, 3.63) is 57.9 Å². The smallest absolute Gasteiger partial charge is 0.325 e. The van der Waals surface area contributed by atoms with E-state index < -0.39 is 5.69 Å². The lowest BCUT2D eigenvalue weighted by Gasteiger charge is -2.20. The zero-order chi connectivity index (χ0) is 23.6. The van der Waals surface area contributed by atoms with E-state index >= 15 is 0 Å². The van der Waals surface area contributed by atoms with Crippen LogP contribution in [0.25, 0.3) is 16.6 Å². The quantitative estimate of drug-likeness (QED) is 0.307. The summed E-state index contributed by atoms with van der Waals surface area (Å²) in [6.45, 7) is 2.06. The van der Waals surface area contributed by atoms with Gasteiger partial charge in [0.15, 0.2) is 5.65 Å². The van der Waals surface area contributed by atoms with Crippen LogP contribution in [-0.2, 0) is 13.5 Å².